The Labute approximate surface area is 126 Å². The van der Waals surface area contributed by atoms with Gasteiger partial charge in [-0.2, -0.15) is 11.8 Å². The molecular formula is C16H25N3S. The van der Waals surface area contributed by atoms with Gasteiger partial charge >= 0.3 is 0 Å². The van der Waals surface area contributed by atoms with Gasteiger partial charge in [0.2, 0.25) is 0 Å². The molecule has 0 amide bonds. The summed E-state index contributed by atoms with van der Waals surface area (Å²) in [7, 11) is 0. The number of hydrogen-bond acceptors (Lipinski definition) is 3. The van der Waals surface area contributed by atoms with Crippen molar-refractivity contribution in [2.75, 3.05) is 25.4 Å². The van der Waals surface area contributed by atoms with E-state index in [0.29, 0.717) is 4.75 Å². The van der Waals surface area contributed by atoms with Crippen LogP contribution in [-0.4, -0.2) is 40.9 Å². The lowest BCUT2D eigenvalue weighted by atomic mass is 9.97. The molecule has 20 heavy (non-hydrogen) atoms. The predicted molar refractivity (Wildman–Crippen MR) is 88.7 cm³/mol. The molecule has 1 aromatic carbocycles. The summed E-state index contributed by atoms with van der Waals surface area (Å²) in [5, 5.41) is 7.89. The number of amidine groups is 1. The standard InChI is InChI=1S/C16H25N3S/c1-16(2)8-9-19(10-11-20-16)12-14(15(17)18)13-6-4-3-5-7-13/h3-7,14H,8-12H2,1-2H3,(H3,17,18). The molecule has 1 heterocycles. The molecule has 1 atom stereocenters. The number of nitrogens with zero attached hydrogens (tertiary/aromatic N) is 1. The van der Waals surface area contributed by atoms with E-state index in [2.05, 4.69) is 30.9 Å². The first-order valence-corrected chi connectivity index (χ1v) is 8.22. The van der Waals surface area contributed by atoms with Crippen molar-refractivity contribution >= 4 is 17.6 Å². The molecule has 1 saturated heterocycles. The summed E-state index contributed by atoms with van der Waals surface area (Å²) in [6.07, 6.45) is 1.19. The van der Waals surface area contributed by atoms with Gasteiger partial charge in [0, 0.05) is 23.6 Å². The maximum absolute atomic E-state index is 7.89. The molecule has 0 spiro atoms. The number of hydrogen-bond donors (Lipinski definition) is 2. The summed E-state index contributed by atoms with van der Waals surface area (Å²) < 4.78 is 0.368. The Balaban J connectivity index is 2.04. The summed E-state index contributed by atoms with van der Waals surface area (Å²) in [4.78, 5) is 2.46. The molecule has 3 N–H and O–H groups in total. The largest absolute Gasteiger partial charge is 0.387 e. The highest BCUT2D eigenvalue weighted by Crippen LogP contribution is 2.31. The van der Waals surface area contributed by atoms with Crippen LogP contribution in [0.5, 0.6) is 0 Å². The molecule has 0 saturated carbocycles. The molecule has 1 unspecified atom stereocenters. The maximum Gasteiger partial charge on any atom is 0.0995 e. The maximum atomic E-state index is 7.89. The Morgan fingerprint density at radius 1 is 1.35 bits per heavy atom. The molecule has 0 aliphatic carbocycles. The monoisotopic (exact) mass is 291 g/mol. The first-order chi connectivity index (χ1) is 9.48. The molecule has 4 heteroatoms. The minimum atomic E-state index is 0.0161. The van der Waals surface area contributed by atoms with E-state index < -0.39 is 0 Å². The zero-order chi connectivity index (χ0) is 14.6. The van der Waals surface area contributed by atoms with Crippen molar-refractivity contribution in [1.82, 2.24) is 4.90 Å². The average Bonchev–Trinajstić information content (AvgIpc) is 2.58. The van der Waals surface area contributed by atoms with Crippen LogP contribution in [0.4, 0.5) is 0 Å². The van der Waals surface area contributed by atoms with E-state index in [1.54, 1.807) is 0 Å². The third-order valence-corrected chi connectivity index (χ3v) is 5.32. The molecule has 0 bridgehead atoms. The lowest BCUT2D eigenvalue weighted by molar-refractivity contribution is 0.281. The second kappa shape index (κ2) is 6.64. The molecular weight excluding hydrogens is 266 g/mol. The van der Waals surface area contributed by atoms with Crippen molar-refractivity contribution in [2.45, 2.75) is 30.9 Å². The van der Waals surface area contributed by atoms with Gasteiger partial charge in [0.25, 0.3) is 0 Å². The molecule has 2 rings (SSSR count). The van der Waals surface area contributed by atoms with E-state index in [1.165, 1.54) is 6.42 Å². The van der Waals surface area contributed by atoms with Gasteiger partial charge in [-0.05, 0) is 18.5 Å². The zero-order valence-electron chi connectivity index (χ0n) is 12.4. The van der Waals surface area contributed by atoms with Gasteiger partial charge in [-0.15, -0.1) is 0 Å². The summed E-state index contributed by atoms with van der Waals surface area (Å²) >= 11 is 2.05. The fraction of sp³-hybridized carbons (Fsp3) is 0.562. The Hall–Kier alpha value is -1.00. The Morgan fingerprint density at radius 3 is 2.70 bits per heavy atom. The van der Waals surface area contributed by atoms with Crippen LogP contribution in [0.1, 0.15) is 31.7 Å². The molecule has 1 fully saturated rings. The molecule has 3 nitrogen and oxygen atoms in total. The third kappa shape index (κ3) is 4.25. The zero-order valence-corrected chi connectivity index (χ0v) is 13.2. The smallest absolute Gasteiger partial charge is 0.0995 e. The summed E-state index contributed by atoms with van der Waals surface area (Å²) in [5.74, 6) is 1.45. The van der Waals surface area contributed by atoms with Crippen LogP contribution in [-0.2, 0) is 0 Å². The SMILES string of the molecule is CC1(C)CCN(CC(C(=N)N)c2ccccc2)CCS1. The van der Waals surface area contributed by atoms with Crippen LogP contribution in [0.2, 0.25) is 0 Å². The summed E-state index contributed by atoms with van der Waals surface area (Å²) in [5.41, 5.74) is 6.98. The van der Waals surface area contributed by atoms with Crippen LogP contribution in [0, 0.1) is 5.41 Å². The second-order valence-electron chi connectivity index (χ2n) is 6.08. The normalized spacial score (nSPS) is 21.1. The van der Waals surface area contributed by atoms with Crippen LogP contribution in [0.15, 0.2) is 30.3 Å². The Kier molecular flexibility index (Phi) is 5.11. The molecule has 0 aromatic heterocycles. The van der Waals surface area contributed by atoms with Gasteiger partial charge in [0.15, 0.2) is 0 Å². The Bertz CT molecular complexity index is 444. The fourth-order valence-electron chi connectivity index (χ4n) is 2.57. The minimum Gasteiger partial charge on any atom is -0.387 e. The number of nitrogens with two attached hydrogens (primary N) is 1. The van der Waals surface area contributed by atoms with Crippen LogP contribution in [0.3, 0.4) is 0 Å². The van der Waals surface area contributed by atoms with Crippen LogP contribution in [0.25, 0.3) is 0 Å². The van der Waals surface area contributed by atoms with Crippen molar-refractivity contribution in [3.8, 4) is 0 Å². The summed E-state index contributed by atoms with van der Waals surface area (Å²) in [6, 6.07) is 10.2. The fourth-order valence-corrected chi connectivity index (χ4v) is 3.71. The quantitative estimate of drug-likeness (QED) is 0.662. The van der Waals surface area contributed by atoms with Crippen LogP contribution < -0.4 is 5.73 Å². The van der Waals surface area contributed by atoms with Crippen LogP contribution >= 0.6 is 11.8 Å². The molecule has 1 aliphatic rings. The number of nitrogens with one attached hydrogen (secondary N) is 1. The molecule has 110 valence electrons. The average molecular weight is 291 g/mol. The number of thioether (sulfide) groups is 1. The highest BCUT2D eigenvalue weighted by Gasteiger charge is 2.26. The van der Waals surface area contributed by atoms with E-state index in [1.807, 2.05) is 30.0 Å². The summed E-state index contributed by atoms with van der Waals surface area (Å²) in [6.45, 7) is 7.68. The lowest BCUT2D eigenvalue weighted by Gasteiger charge is -2.26. The Morgan fingerprint density at radius 2 is 2.05 bits per heavy atom. The topological polar surface area (TPSA) is 53.1 Å². The van der Waals surface area contributed by atoms with Gasteiger partial charge < -0.3 is 10.6 Å². The van der Waals surface area contributed by atoms with Gasteiger partial charge in [-0.1, -0.05) is 44.2 Å². The van der Waals surface area contributed by atoms with E-state index in [0.717, 1.165) is 31.0 Å². The van der Waals surface area contributed by atoms with E-state index >= 15 is 0 Å². The predicted octanol–water partition coefficient (Wildman–Crippen LogP) is 2.92. The molecule has 0 radical (unpaired) electrons. The van der Waals surface area contributed by atoms with Crippen molar-refractivity contribution in [1.29, 1.82) is 5.41 Å². The van der Waals surface area contributed by atoms with Crippen molar-refractivity contribution in [3.63, 3.8) is 0 Å². The second-order valence-corrected chi connectivity index (χ2v) is 7.88. The van der Waals surface area contributed by atoms with Gasteiger partial charge in [-0.3, -0.25) is 5.41 Å². The lowest BCUT2D eigenvalue weighted by Crippen LogP contribution is -2.36. The number of benzene rings is 1. The van der Waals surface area contributed by atoms with E-state index in [-0.39, 0.29) is 11.8 Å². The molecule has 1 aliphatic heterocycles. The van der Waals surface area contributed by atoms with E-state index in [9.17, 15) is 0 Å². The minimum absolute atomic E-state index is 0.0161. The van der Waals surface area contributed by atoms with Crippen molar-refractivity contribution < 1.29 is 0 Å². The first kappa shape index (κ1) is 15.4. The van der Waals surface area contributed by atoms with Crippen molar-refractivity contribution in [2.24, 2.45) is 5.73 Å². The van der Waals surface area contributed by atoms with Gasteiger partial charge in [0.1, 0.15) is 0 Å². The van der Waals surface area contributed by atoms with Gasteiger partial charge in [0.05, 0.1) is 11.8 Å². The highest BCUT2D eigenvalue weighted by atomic mass is 32.2. The number of rotatable bonds is 4. The highest BCUT2D eigenvalue weighted by molar-refractivity contribution is 8.00. The van der Waals surface area contributed by atoms with Gasteiger partial charge in [-0.25, -0.2) is 0 Å². The van der Waals surface area contributed by atoms with E-state index in [4.69, 9.17) is 11.1 Å². The van der Waals surface area contributed by atoms with Crippen molar-refractivity contribution in [3.05, 3.63) is 35.9 Å². The first-order valence-electron chi connectivity index (χ1n) is 7.23. The molecule has 1 aromatic rings. The third-order valence-electron chi connectivity index (χ3n) is 3.95.